The SMILES string of the molecule is COc1cc(-c2ccc(C=O)o2)ccc1NC(=O)C(C)(C)C. The molecule has 0 aliphatic carbocycles. The average Bonchev–Trinajstić information content (AvgIpc) is 2.95. The minimum Gasteiger partial charge on any atom is -0.495 e. The van der Waals surface area contributed by atoms with Crippen LogP contribution in [0.3, 0.4) is 0 Å². The van der Waals surface area contributed by atoms with Gasteiger partial charge in [-0.2, -0.15) is 0 Å². The summed E-state index contributed by atoms with van der Waals surface area (Å²) in [5, 5.41) is 2.85. The Bertz CT molecular complexity index is 695. The van der Waals surface area contributed by atoms with Crippen LogP contribution in [0.25, 0.3) is 11.3 Å². The highest BCUT2D eigenvalue weighted by molar-refractivity contribution is 5.96. The van der Waals surface area contributed by atoms with Gasteiger partial charge in [-0.05, 0) is 30.3 Å². The summed E-state index contributed by atoms with van der Waals surface area (Å²) < 4.78 is 10.7. The number of furan rings is 1. The predicted molar refractivity (Wildman–Crippen MR) is 84.2 cm³/mol. The van der Waals surface area contributed by atoms with Gasteiger partial charge in [0.1, 0.15) is 11.5 Å². The van der Waals surface area contributed by atoms with Gasteiger partial charge in [0.15, 0.2) is 12.0 Å². The summed E-state index contributed by atoms with van der Waals surface area (Å²) in [5.74, 6) is 1.26. The van der Waals surface area contributed by atoms with E-state index in [0.717, 1.165) is 5.56 Å². The van der Waals surface area contributed by atoms with E-state index in [1.54, 1.807) is 30.3 Å². The number of hydrogen-bond donors (Lipinski definition) is 1. The van der Waals surface area contributed by atoms with Crippen molar-refractivity contribution < 1.29 is 18.7 Å². The van der Waals surface area contributed by atoms with Crippen LogP contribution in [0.4, 0.5) is 5.69 Å². The molecule has 5 nitrogen and oxygen atoms in total. The normalized spacial score (nSPS) is 11.1. The summed E-state index contributed by atoms with van der Waals surface area (Å²) in [5.41, 5.74) is 0.857. The molecule has 0 aliphatic heterocycles. The lowest BCUT2D eigenvalue weighted by molar-refractivity contribution is -0.123. The minimum atomic E-state index is -0.496. The Kier molecular flexibility index (Phi) is 4.35. The Balaban J connectivity index is 2.31. The zero-order valence-electron chi connectivity index (χ0n) is 13.1. The number of benzene rings is 1. The lowest BCUT2D eigenvalue weighted by Crippen LogP contribution is -2.27. The maximum absolute atomic E-state index is 12.1. The zero-order chi connectivity index (χ0) is 16.3. The number of carbonyl (C=O) groups excluding carboxylic acids is 2. The quantitative estimate of drug-likeness (QED) is 0.873. The first-order chi connectivity index (χ1) is 10.3. The van der Waals surface area contributed by atoms with Gasteiger partial charge >= 0.3 is 0 Å². The van der Waals surface area contributed by atoms with E-state index >= 15 is 0 Å². The fourth-order valence-electron chi connectivity index (χ4n) is 1.83. The van der Waals surface area contributed by atoms with E-state index < -0.39 is 5.41 Å². The maximum Gasteiger partial charge on any atom is 0.229 e. The fraction of sp³-hybridized carbons (Fsp3) is 0.294. The molecule has 0 aliphatic rings. The highest BCUT2D eigenvalue weighted by Crippen LogP contribution is 2.32. The number of amides is 1. The topological polar surface area (TPSA) is 68.5 Å². The van der Waals surface area contributed by atoms with Crippen molar-refractivity contribution in [2.45, 2.75) is 20.8 Å². The largest absolute Gasteiger partial charge is 0.495 e. The molecular formula is C17H19NO4. The summed E-state index contributed by atoms with van der Waals surface area (Å²) >= 11 is 0. The number of ether oxygens (including phenoxy) is 1. The van der Waals surface area contributed by atoms with E-state index in [9.17, 15) is 9.59 Å². The van der Waals surface area contributed by atoms with Crippen LogP contribution in [0.5, 0.6) is 5.75 Å². The molecule has 0 atom stereocenters. The van der Waals surface area contributed by atoms with E-state index in [2.05, 4.69) is 5.32 Å². The van der Waals surface area contributed by atoms with Crippen LogP contribution < -0.4 is 10.1 Å². The molecule has 0 spiro atoms. The second kappa shape index (κ2) is 6.05. The summed E-state index contributed by atoms with van der Waals surface area (Å²) in [7, 11) is 1.53. The van der Waals surface area contributed by atoms with E-state index in [1.165, 1.54) is 7.11 Å². The third kappa shape index (κ3) is 3.36. The molecule has 1 N–H and O–H groups in total. The van der Waals surface area contributed by atoms with Crippen molar-refractivity contribution in [2.75, 3.05) is 12.4 Å². The van der Waals surface area contributed by atoms with Gasteiger partial charge in [0, 0.05) is 11.0 Å². The molecule has 1 amide bonds. The number of carbonyl (C=O) groups is 2. The summed E-state index contributed by atoms with van der Waals surface area (Å²) in [6.45, 7) is 5.52. The van der Waals surface area contributed by atoms with Crippen LogP contribution in [0.15, 0.2) is 34.7 Å². The average molecular weight is 301 g/mol. The molecule has 0 radical (unpaired) electrons. The smallest absolute Gasteiger partial charge is 0.229 e. The van der Waals surface area contributed by atoms with E-state index in [1.807, 2.05) is 20.8 Å². The number of anilines is 1. The first kappa shape index (κ1) is 15.8. The van der Waals surface area contributed by atoms with Gasteiger partial charge in [0.05, 0.1) is 12.8 Å². The second-order valence-electron chi connectivity index (χ2n) is 5.94. The lowest BCUT2D eigenvalue weighted by Gasteiger charge is -2.19. The van der Waals surface area contributed by atoms with Gasteiger partial charge in [0.2, 0.25) is 5.91 Å². The van der Waals surface area contributed by atoms with Crippen LogP contribution in [0, 0.1) is 5.41 Å². The van der Waals surface area contributed by atoms with E-state index in [0.29, 0.717) is 23.5 Å². The Morgan fingerprint density at radius 3 is 2.50 bits per heavy atom. The lowest BCUT2D eigenvalue weighted by atomic mass is 9.95. The first-order valence-electron chi connectivity index (χ1n) is 6.90. The molecule has 116 valence electrons. The van der Waals surface area contributed by atoms with Crippen molar-refractivity contribution in [3.05, 3.63) is 36.1 Å². The molecule has 0 saturated heterocycles. The number of hydrogen-bond acceptors (Lipinski definition) is 4. The van der Waals surface area contributed by atoms with E-state index in [-0.39, 0.29) is 11.7 Å². The van der Waals surface area contributed by atoms with Crippen molar-refractivity contribution in [3.63, 3.8) is 0 Å². The molecule has 2 aromatic rings. The van der Waals surface area contributed by atoms with Crippen molar-refractivity contribution in [1.29, 1.82) is 0 Å². The van der Waals surface area contributed by atoms with Crippen LogP contribution in [0.2, 0.25) is 0 Å². The number of rotatable bonds is 4. The third-order valence-electron chi connectivity index (χ3n) is 3.16. The van der Waals surface area contributed by atoms with Crippen LogP contribution in [-0.4, -0.2) is 19.3 Å². The fourth-order valence-corrected chi connectivity index (χ4v) is 1.83. The second-order valence-corrected chi connectivity index (χ2v) is 5.94. The molecule has 5 heteroatoms. The Morgan fingerprint density at radius 1 is 1.23 bits per heavy atom. The summed E-state index contributed by atoms with van der Waals surface area (Å²) in [4.78, 5) is 22.8. The van der Waals surface area contributed by atoms with Crippen molar-refractivity contribution in [2.24, 2.45) is 5.41 Å². The van der Waals surface area contributed by atoms with Gasteiger partial charge in [-0.1, -0.05) is 20.8 Å². The van der Waals surface area contributed by atoms with Gasteiger partial charge < -0.3 is 14.5 Å². The molecule has 0 fully saturated rings. The molecule has 0 saturated carbocycles. The molecule has 1 heterocycles. The summed E-state index contributed by atoms with van der Waals surface area (Å²) in [6, 6.07) is 8.62. The van der Waals surface area contributed by atoms with Crippen molar-refractivity contribution in [3.8, 4) is 17.1 Å². The van der Waals surface area contributed by atoms with Crippen molar-refractivity contribution >= 4 is 17.9 Å². The maximum atomic E-state index is 12.1. The zero-order valence-corrected chi connectivity index (χ0v) is 13.1. The van der Waals surface area contributed by atoms with Crippen LogP contribution >= 0.6 is 0 Å². The molecule has 2 rings (SSSR count). The molecule has 1 aromatic carbocycles. The summed E-state index contributed by atoms with van der Waals surface area (Å²) in [6.07, 6.45) is 0.651. The third-order valence-corrected chi connectivity index (χ3v) is 3.16. The van der Waals surface area contributed by atoms with Gasteiger partial charge in [0.25, 0.3) is 0 Å². The monoisotopic (exact) mass is 301 g/mol. The predicted octanol–water partition coefficient (Wildman–Crippen LogP) is 3.75. The van der Waals surface area contributed by atoms with Crippen LogP contribution in [-0.2, 0) is 4.79 Å². The highest BCUT2D eigenvalue weighted by atomic mass is 16.5. The van der Waals surface area contributed by atoms with E-state index in [4.69, 9.17) is 9.15 Å². The molecule has 22 heavy (non-hydrogen) atoms. The number of nitrogens with one attached hydrogen (secondary N) is 1. The van der Waals surface area contributed by atoms with Crippen LogP contribution in [0.1, 0.15) is 31.3 Å². The van der Waals surface area contributed by atoms with Crippen molar-refractivity contribution in [1.82, 2.24) is 0 Å². The van der Waals surface area contributed by atoms with Gasteiger partial charge in [-0.15, -0.1) is 0 Å². The molecule has 0 unspecified atom stereocenters. The molecule has 1 aromatic heterocycles. The minimum absolute atomic E-state index is 0.0974. The van der Waals surface area contributed by atoms with Gasteiger partial charge in [-0.25, -0.2) is 0 Å². The molecule has 0 bridgehead atoms. The number of aldehydes is 1. The standard InChI is InChI=1S/C17H19NO4/c1-17(2,3)16(20)18-13-7-5-11(9-15(13)21-4)14-8-6-12(10-19)22-14/h5-10H,1-4H3,(H,18,20). The highest BCUT2D eigenvalue weighted by Gasteiger charge is 2.22. The molecular weight excluding hydrogens is 282 g/mol. The Labute approximate surface area is 129 Å². The first-order valence-corrected chi connectivity index (χ1v) is 6.90. The Hall–Kier alpha value is -2.56. The Morgan fingerprint density at radius 2 is 1.95 bits per heavy atom. The number of methoxy groups -OCH3 is 1. The van der Waals surface area contributed by atoms with Gasteiger partial charge in [-0.3, -0.25) is 9.59 Å².